The van der Waals surface area contributed by atoms with Crippen LogP contribution in [0.5, 0.6) is 11.5 Å². The van der Waals surface area contributed by atoms with Gasteiger partial charge < -0.3 is 24.8 Å². The van der Waals surface area contributed by atoms with Crippen molar-refractivity contribution >= 4 is 38.5 Å². The predicted octanol–water partition coefficient (Wildman–Crippen LogP) is 2.49. The van der Waals surface area contributed by atoms with Crippen LogP contribution in [0, 0.1) is 0 Å². The number of alkyl halides is 3. The second-order valence-electron chi connectivity index (χ2n) is 7.57. The van der Waals surface area contributed by atoms with Crippen LogP contribution in [-0.4, -0.2) is 76.0 Å². The molecule has 0 unspecified atom stereocenters. The number of anilines is 2. The van der Waals surface area contributed by atoms with Gasteiger partial charge >= 0.3 is 12.1 Å². The highest BCUT2D eigenvalue weighted by molar-refractivity contribution is 7.92. The number of carbonyl (C=O) groups is 1. The summed E-state index contributed by atoms with van der Waals surface area (Å²) in [6.07, 6.45) is -3.37. The van der Waals surface area contributed by atoms with E-state index in [9.17, 15) is 21.6 Å². The molecule has 0 bridgehead atoms. The normalized spacial score (nSPS) is 13.9. The summed E-state index contributed by atoms with van der Waals surface area (Å²) in [5.74, 6) is -1.07. The first-order valence-corrected chi connectivity index (χ1v) is 12.2. The molecule has 3 heterocycles. The predicted molar refractivity (Wildman–Crippen MR) is 129 cm³/mol. The lowest BCUT2D eigenvalue weighted by Gasteiger charge is -2.29. The van der Waals surface area contributed by atoms with E-state index in [0.717, 1.165) is 37.1 Å². The van der Waals surface area contributed by atoms with Crippen molar-refractivity contribution in [3.05, 3.63) is 42.6 Å². The fourth-order valence-corrected chi connectivity index (χ4v) is 4.40. The number of ether oxygens (including phenoxy) is 2. The van der Waals surface area contributed by atoms with Crippen LogP contribution >= 0.6 is 0 Å². The Morgan fingerprint density at radius 2 is 1.76 bits per heavy atom. The fraction of sp³-hybridized carbons (Fsp3) is 0.318. The molecule has 2 aromatic heterocycles. The Labute approximate surface area is 210 Å². The summed E-state index contributed by atoms with van der Waals surface area (Å²) in [6.45, 7) is 3.20. The molecule has 1 aliphatic heterocycles. The largest absolute Gasteiger partial charge is 0.493 e. The molecule has 4 rings (SSSR count). The number of piperazine rings is 1. The maximum Gasteiger partial charge on any atom is 0.490 e. The quantitative estimate of drug-likeness (QED) is 0.424. The minimum Gasteiger partial charge on any atom is -0.493 e. The third-order valence-corrected chi connectivity index (χ3v) is 6.48. The topological polar surface area (TPSA) is 143 Å². The molecule has 0 amide bonds. The van der Waals surface area contributed by atoms with Crippen molar-refractivity contribution in [3.63, 3.8) is 0 Å². The van der Waals surface area contributed by atoms with Gasteiger partial charge in [0.15, 0.2) is 17.3 Å². The third kappa shape index (κ3) is 6.89. The molecule has 1 fully saturated rings. The van der Waals surface area contributed by atoms with E-state index in [1.807, 2.05) is 12.1 Å². The number of rotatable bonds is 6. The lowest BCUT2D eigenvalue weighted by molar-refractivity contribution is -0.192. The second-order valence-corrected chi connectivity index (χ2v) is 9.25. The number of halogens is 3. The van der Waals surface area contributed by atoms with Crippen LogP contribution in [0.15, 0.2) is 47.5 Å². The standard InChI is InChI=1S/C20H23N5O4S.C2HF3O2/c1-28-16-6-5-15(13-17(16)29-2)30(26,27)24-18-12-14-4-3-7-22-19(14)20(23-18)25-10-8-21-9-11-25;3-2(4,5)1(6)7/h3-7,12-13,21H,8-11H2,1-2H3,(H,23,24);(H,6,7). The number of aliphatic carboxylic acids is 1. The molecule has 37 heavy (non-hydrogen) atoms. The van der Waals surface area contributed by atoms with Crippen LogP contribution in [0.4, 0.5) is 24.8 Å². The van der Waals surface area contributed by atoms with E-state index in [1.54, 1.807) is 18.3 Å². The molecule has 15 heteroatoms. The summed E-state index contributed by atoms with van der Waals surface area (Å²) in [7, 11) is -0.934. The molecule has 1 saturated heterocycles. The Balaban J connectivity index is 0.000000479. The minimum absolute atomic E-state index is 0.0527. The number of nitrogens with one attached hydrogen (secondary N) is 2. The van der Waals surface area contributed by atoms with Gasteiger partial charge in [0.2, 0.25) is 0 Å². The Hall–Kier alpha value is -3.85. The van der Waals surface area contributed by atoms with Gasteiger partial charge in [0, 0.05) is 43.8 Å². The van der Waals surface area contributed by atoms with Gasteiger partial charge in [0.25, 0.3) is 10.0 Å². The molecule has 0 radical (unpaired) electrons. The Morgan fingerprint density at radius 1 is 1.11 bits per heavy atom. The van der Waals surface area contributed by atoms with E-state index in [1.165, 1.54) is 26.4 Å². The van der Waals surface area contributed by atoms with E-state index in [2.05, 4.69) is 24.9 Å². The summed E-state index contributed by atoms with van der Waals surface area (Å²) in [6, 6.07) is 9.83. The van der Waals surface area contributed by atoms with Gasteiger partial charge in [-0.2, -0.15) is 13.2 Å². The number of methoxy groups -OCH3 is 2. The van der Waals surface area contributed by atoms with Gasteiger partial charge in [0.05, 0.1) is 19.1 Å². The van der Waals surface area contributed by atoms with Crippen molar-refractivity contribution in [2.75, 3.05) is 50.0 Å². The molecule has 11 nitrogen and oxygen atoms in total. The first-order chi connectivity index (χ1) is 17.5. The second kappa shape index (κ2) is 11.5. The van der Waals surface area contributed by atoms with Gasteiger partial charge in [-0.25, -0.2) is 18.2 Å². The number of carboxylic acids is 1. The number of hydrogen-bond acceptors (Lipinski definition) is 9. The van der Waals surface area contributed by atoms with Crippen molar-refractivity contribution in [3.8, 4) is 11.5 Å². The van der Waals surface area contributed by atoms with Crippen LogP contribution in [0.25, 0.3) is 10.9 Å². The number of hydrogen-bond donors (Lipinski definition) is 3. The first-order valence-electron chi connectivity index (χ1n) is 10.7. The summed E-state index contributed by atoms with van der Waals surface area (Å²) < 4.78 is 70.7. The number of aromatic nitrogens is 2. The van der Waals surface area contributed by atoms with Gasteiger partial charge in [-0.15, -0.1) is 0 Å². The summed E-state index contributed by atoms with van der Waals surface area (Å²) in [5, 5.41) is 11.2. The third-order valence-electron chi connectivity index (χ3n) is 5.13. The van der Waals surface area contributed by atoms with Crippen LogP contribution < -0.4 is 24.4 Å². The number of carboxylic acid groups (broad SMARTS) is 1. The molecule has 0 atom stereocenters. The maximum absolute atomic E-state index is 13.0. The van der Waals surface area contributed by atoms with Crippen LogP contribution in [0.3, 0.4) is 0 Å². The summed E-state index contributed by atoms with van der Waals surface area (Å²) in [5.41, 5.74) is 0.744. The molecule has 3 N–H and O–H groups in total. The van der Waals surface area contributed by atoms with Crippen molar-refractivity contribution < 1.29 is 41.0 Å². The zero-order valence-electron chi connectivity index (χ0n) is 19.7. The number of sulfonamides is 1. The van der Waals surface area contributed by atoms with Crippen molar-refractivity contribution in [1.29, 1.82) is 0 Å². The highest BCUT2D eigenvalue weighted by atomic mass is 32.2. The van der Waals surface area contributed by atoms with Gasteiger partial charge in [-0.3, -0.25) is 9.71 Å². The van der Waals surface area contributed by atoms with Gasteiger partial charge in [-0.05, 0) is 24.3 Å². The Kier molecular flexibility index (Phi) is 8.60. The van der Waals surface area contributed by atoms with E-state index >= 15 is 0 Å². The molecular weight excluding hydrogens is 519 g/mol. The van der Waals surface area contributed by atoms with E-state index < -0.39 is 22.2 Å². The van der Waals surface area contributed by atoms with Crippen LogP contribution in [-0.2, 0) is 14.8 Å². The number of pyridine rings is 2. The molecule has 1 aliphatic rings. The summed E-state index contributed by atoms with van der Waals surface area (Å²) >= 11 is 0. The lowest BCUT2D eigenvalue weighted by atomic mass is 10.2. The first kappa shape index (κ1) is 27.7. The molecule has 0 saturated carbocycles. The monoisotopic (exact) mass is 543 g/mol. The molecule has 3 aromatic rings. The molecule has 0 aliphatic carbocycles. The van der Waals surface area contributed by atoms with E-state index in [0.29, 0.717) is 17.3 Å². The molecule has 0 spiro atoms. The summed E-state index contributed by atoms with van der Waals surface area (Å²) in [4.78, 5) is 20.1. The molecular formula is C22H24F3N5O6S. The number of nitrogens with zero attached hydrogens (tertiary/aromatic N) is 3. The Morgan fingerprint density at radius 3 is 2.35 bits per heavy atom. The minimum atomic E-state index is -5.08. The van der Waals surface area contributed by atoms with Crippen molar-refractivity contribution in [2.45, 2.75) is 11.1 Å². The number of benzene rings is 1. The highest BCUT2D eigenvalue weighted by Crippen LogP contribution is 2.31. The number of fused-ring (bicyclic) bond motifs is 1. The maximum atomic E-state index is 13.0. The van der Waals surface area contributed by atoms with Crippen LogP contribution in [0.2, 0.25) is 0 Å². The zero-order valence-corrected chi connectivity index (χ0v) is 20.6. The fourth-order valence-electron chi connectivity index (χ4n) is 3.40. The highest BCUT2D eigenvalue weighted by Gasteiger charge is 2.38. The van der Waals surface area contributed by atoms with Crippen molar-refractivity contribution in [2.24, 2.45) is 0 Å². The lowest BCUT2D eigenvalue weighted by Crippen LogP contribution is -2.44. The average Bonchev–Trinajstić information content (AvgIpc) is 2.87. The zero-order chi connectivity index (χ0) is 27.2. The van der Waals surface area contributed by atoms with Gasteiger partial charge in [0.1, 0.15) is 11.3 Å². The molecule has 200 valence electrons. The SMILES string of the molecule is COc1ccc(S(=O)(=O)Nc2cc3cccnc3c(N3CCNCC3)n2)cc1OC.O=C(O)C(F)(F)F. The smallest absolute Gasteiger partial charge is 0.490 e. The average molecular weight is 544 g/mol. The van der Waals surface area contributed by atoms with Crippen LogP contribution in [0.1, 0.15) is 0 Å². The van der Waals surface area contributed by atoms with Crippen molar-refractivity contribution in [1.82, 2.24) is 15.3 Å². The van der Waals surface area contributed by atoms with E-state index in [4.69, 9.17) is 19.4 Å². The molecule has 1 aromatic carbocycles. The van der Waals surface area contributed by atoms with Gasteiger partial charge in [-0.1, -0.05) is 6.07 Å². The van der Waals surface area contributed by atoms with E-state index in [-0.39, 0.29) is 10.7 Å². The Bertz CT molecular complexity index is 1360.